The van der Waals surface area contributed by atoms with E-state index in [0.717, 1.165) is 0 Å². The van der Waals surface area contributed by atoms with Crippen molar-refractivity contribution in [1.82, 2.24) is 9.29 Å². The van der Waals surface area contributed by atoms with Crippen LogP contribution in [-0.2, 0) is 23.2 Å². The molecular formula is C13H15FN2O3S. The molecule has 1 heterocycles. The lowest BCUT2D eigenvalue weighted by atomic mass is 10.2. The minimum Gasteiger partial charge on any atom is -0.390 e. The molecule has 0 fully saturated rings. The van der Waals surface area contributed by atoms with Gasteiger partial charge >= 0.3 is 0 Å². The number of rotatable bonds is 5. The van der Waals surface area contributed by atoms with Crippen LogP contribution in [-0.4, -0.2) is 29.9 Å². The van der Waals surface area contributed by atoms with Crippen LogP contribution in [0.1, 0.15) is 11.3 Å². The van der Waals surface area contributed by atoms with Gasteiger partial charge in [0.2, 0.25) is 10.0 Å². The Morgan fingerprint density at radius 2 is 1.95 bits per heavy atom. The number of halogens is 1. The molecule has 0 aliphatic carbocycles. The van der Waals surface area contributed by atoms with Crippen molar-refractivity contribution in [2.24, 2.45) is 0 Å². The first kappa shape index (κ1) is 14.7. The quantitative estimate of drug-likeness (QED) is 0.878. The average molecular weight is 298 g/mol. The highest BCUT2D eigenvalue weighted by atomic mass is 32.2. The molecule has 0 radical (unpaired) electrons. The van der Waals surface area contributed by atoms with Crippen LogP contribution in [0.4, 0.5) is 4.39 Å². The Morgan fingerprint density at radius 1 is 1.30 bits per heavy atom. The molecule has 1 aromatic carbocycles. The Bertz CT molecular complexity index is 680. The lowest BCUT2D eigenvalue weighted by Gasteiger charge is -2.16. The molecule has 20 heavy (non-hydrogen) atoms. The maximum absolute atomic E-state index is 12.8. The number of sulfonamides is 1. The summed E-state index contributed by atoms with van der Waals surface area (Å²) < 4.78 is 38.5. The van der Waals surface area contributed by atoms with Crippen LogP contribution in [0.5, 0.6) is 0 Å². The summed E-state index contributed by atoms with van der Waals surface area (Å²) >= 11 is 0. The van der Waals surface area contributed by atoms with Crippen molar-refractivity contribution in [1.29, 1.82) is 0 Å². The van der Waals surface area contributed by atoms with Crippen LogP contribution in [0.15, 0.2) is 41.4 Å². The number of benzene rings is 1. The summed E-state index contributed by atoms with van der Waals surface area (Å²) in [4.78, 5) is 2.77. The summed E-state index contributed by atoms with van der Waals surface area (Å²) in [6.07, 6.45) is 1.34. The van der Waals surface area contributed by atoms with Crippen LogP contribution in [0.3, 0.4) is 0 Å². The first-order chi connectivity index (χ1) is 9.43. The van der Waals surface area contributed by atoms with E-state index in [1.807, 2.05) is 0 Å². The van der Waals surface area contributed by atoms with Crippen LogP contribution in [0.25, 0.3) is 0 Å². The van der Waals surface area contributed by atoms with Gasteiger partial charge in [-0.2, -0.15) is 4.31 Å². The van der Waals surface area contributed by atoms with E-state index in [4.69, 9.17) is 5.11 Å². The summed E-state index contributed by atoms with van der Waals surface area (Å²) in [6, 6.07) is 7.04. The molecule has 2 N–H and O–H groups in total. The third kappa shape index (κ3) is 3.06. The Balaban J connectivity index is 2.18. The minimum atomic E-state index is -3.64. The third-order valence-electron chi connectivity index (χ3n) is 2.91. The normalized spacial score (nSPS) is 12.0. The van der Waals surface area contributed by atoms with Gasteiger partial charge in [-0.3, -0.25) is 0 Å². The molecule has 0 aliphatic rings. The molecule has 5 nitrogen and oxygen atoms in total. The molecule has 7 heteroatoms. The van der Waals surface area contributed by atoms with Gasteiger partial charge in [0.15, 0.2) is 0 Å². The van der Waals surface area contributed by atoms with E-state index >= 15 is 0 Å². The topological polar surface area (TPSA) is 73.4 Å². The molecule has 0 unspecified atom stereocenters. The third-order valence-corrected chi connectivity index (χ3v) is 4.69. The SMILES string of the molecule is CN(Cc1ccc(F)cc1)S(=O)(=O)c1c[nH]c(CO)c1. The molecule has 0 atom stereocenters. The number of hydrogen-bond acceptors (Lipinski definition) is 3. The first-order valence-corrected chi connectivity index (χ1v) is 7.36. The van der Waals surface area contributed by atoms with Gasteiger partial charge in [0.1, 0.15) is 5.82 Å². The molecule has 0 saturated heterocycles. The fourth-order valence-corrected chi connectivity index (χ4v) is 2.95. The Morgan fingerprint density at radius 3 is 2.50 bits per heavy atom. The van der Waals surface area contributed by atoms with E-state index in [1.165, 1.54) is 47.9 Å². The smallest absolute Gasteiger partial charge is 0.244 e. The first-order valence-electron chi connectivity index (χ1n) is 5.92. The van der Waals surface area contributed by atoms with Crippen LogP contribution in [0, 0.1) is 5.82 Å². The number of aromatic nitrogens is 1. The van der Waals surface area contributed by atoms with Gasteiger partial charge in [0.25, 0.3) is 0 Å². The van der Waals surface area contributed by atoms with E-state index in [9.17, 15) is 12.8 Å². The number of aliphatic hydroxyl groups is 1. The predicted molar refractivity (Wildman–Crippen MR) is 71.8 cm³/mol. The van der Waals surface area contributed by atoms with Gasteiger partial charge in [0.05, 0.1) is 11.5 Å². The minimum absolute atomic E-state index is 0.0890. The van der Waals surface area contributed by atoms with Gasteiger partial charge in [-0.25, -0.2) is 12.8 Å². The van der Waals surface area contributed by atoms with Gasteiger partial charge in [0, 0.05) is 25.5 Å². The fourth-order valence-electron chi connectivity index (χ4n) is 1.77. The largest absolute Gasteiger partial charge is 0.390 e. The number of hydrogen-bond donors (Lipinski definition) is 2. The highest BCUT2D eigenvalue weighted by molar-refractivity contribution is 7.89. The van der Waals surface area contributed by atoms with Crippen molar-refractivity contribution in [3.8, 4) is 0 Å². The standard InChI is InChI=1S/C13H15FN2O3S/c1-16(8-10-2-4-11(14)5-3-10)20(18,19)13-6-12(9-17)15-7-13/h2-7,15,17H,8-9H2,1H3. The zero-order chi connectivity index (χ0) is 14.8. The molecule has 2 rings (SSSR count). The van der Waals surface area contributed by atoms with Crippen molar-refractivity contribution < 1.29 is 17.9 Å². The van der Waals surface area contributed by atoms with E-state index in [1.54, 1.807) is 0 Å². The summed E-state index contributed by atoms with van der Waals surface area (Å²) in [5, 5.41) is 8.94. The molecule has 0 spiro atoms. The number of nitrogens with one attached hydrogen (secondary N) is 1. The summed E-state index contributed by atoms with van der Waals surface area (Å²) in [5.41, 5.74) is 1.12. The summed E-state index contributed by atoms with van der Waals surface area (Å²) in [7, 11) is -2.19. The van der Waals surface area contributed by atoms with Crippen molar-refractivity contribution in [2.75, 3.05) is 7.05 Å². The van der Waals surface area contributed by atoms with Crippen molar-refractivity contribution in [3.63, 3.8) is 0 Å². The molecule has 0 amide bonds. The molecule has 108 valence electrons. The number of aliphatic hydroxyl groups excluding tert-OH is 1. The number of nitrogens with zero attached hydrogens (tertiary/aromatic N) is 1. The summed E-state index contributed by atoms with van der Waals surface area (Å²) in [6.45, 7) is -0.112. The van der Waals surface area contributed by atoms with Crippen LogP contribution < -0.4 is 0 Å². The second-order valence-corrected chi connectivity index (χ2v) is 6.45. The zero-order valence-corrected chi connectivity index (χ0v) is 11.7. The second kappa shape index (κ2) is 5.74. The van der Waals surface area contributed by atoms with Crippen molar-refractivity contribution in [3.05, 3.63) is 53.6 Å². The summed E-state index contributed by atoms with van der Waals surface area (Å²) in [5.74, 6) is -0.363. The Kier molecular flexibility index (Phi) is 4.22. The van der Waals surface area contributed by atoms with Crippen molar-refractivity contribution >= 4 is 10.0 Å². The van der Waals surface area contributed by atoms with Gasteiger partial charge < -0.3 is 10.1 Å². The molecule has 0 saturated carbocycles. The molecule has 2 aromatic rings. The van der Waals surface area contributed by atoms with E-state index in [-0.39, 0.29) is 23.9 Å². The Hall–Kier alpha value is -1.70. The van der Waals surface area contributed by atoms with E-state index in [2.05, 4.69) is 4.98 Å². The number of H-pyrrole nitrogens is 1. The lowest BCUT2D eigenvalue weighted by Crippen LogP contribution is -2.26. The molecule has 0 aliphatic heterocycles. The fraction of sp³-hybridized carbons (Fsp3) is 0.231. The molecule has 0 bridgehead atoms. The molecular weight excluding hydrogens is 283 g/mol. The molecule has 1 aromatic heterocycles. The Labute approximate surface area is 116 Å². The highest BCUT2D eigenvalue weighted by Crippen LogP contribution is 2.18. The van der Waals surface area contributed by atoms with Gasteiger partial charge in [-0.05, 0) is 23.8 Å². The van der Waals surface area contributed by atoms with Crippen LogP contribution >= 0.6 is 0 Å². The number of aromatic amines is 1. The predicted octanol–water partition coefficient (Wildman–Crippen LogP) is 1.47. The maximum Gasteiger partial charge on any atom is 0.244 e. The monoisotopic (exact) mass is 298 g/mol. The van der Waals surface area contributed by atoms with E-state index < -0.39 is 10.0 Å². The maximum atomic E-state index is 12.8. The van der Waals surface area contributed by atoms with E-state index in [0.29, 0.717) is 11.3 Å². The average Bonchev–Trinajstić information content (AvgIpc) is 2.90. The van der Waals surface area contributed by atoms with Crippen molar-refractivity contribution in [2.45, 2.75) is 18.0 Å². The van der Waals surface area contributed by atoms with Gasteiger partial charge in [-0.15, -0.1) is 0 Å². The lowest BCUT2D eigenvalue weighted by molar-refractivity contribution is 0.277. The van der Waals surface area contributed by atoms with Gasteiger partial charge in [-0.1, -0.05) is 12.1 Å². The van der Waals surface area contributed by atoms with Crippen LogP contribution in [0.2, 0.25) is 0 Å². The highest BCUT2D eigenvalue weighted by Gasteiger charge is 2.22. The second-order valence-electron chi connectivity index (χ2n) is 4.41. The zero-order valence-electron chi connectivity index (χ0n) is 10.9.